The molecule has 0 saturated carbocycles. The van der Waals surface area contributed by atoms with Crippen molar-refractivity contribution in [3.05, 3.63) is 45.9 Å². The van der Waals surface area contributed by atoms with Crippen molar-refractivity contribution in [2.24, 2.45) is 0 Å². The van der Waals surface area contributed by atoms with Crippen molar-refractivity contribution in [2.45, 2.75) is 19.4 Å². The second-order valence-corrected chi connectivity index (χ2v) is 4.62. The molecule has 0 aromatic heterocycles. The van der Waals surface area contributed by atoms with Gasteiger partial charge in [0.25, 0.3) is 0 Å². The molecule has 0 aliphatic rings. The smallest absolute Gasteiger partial charge is 0.0515 e. The van der Waals surface area contributed by atoms with Crippen LogP contribution in [0.1, 0.15) is 24.9 Å². The monoisotopic (exact) mass is 287 g/mol. The highest BCUT2D eigenvalue weighted by Gasteiger charge is 2.10. The molecule has 1 N–H and O–H groups in total. The fraction of sp³-hybridized carbons (Fsp3) is 0.333. The summed E-state index contributed by atoms with van der Waals surface area (Å²) in [4.78, 5) is 0. The van der Waals surface area contributed by atoms with Crippen molar-refractivity contribution < 1.29 is 0 Å². The predicted octanol–water partition coefficient (Wildman–Crippen LogP) is 4.33. The summed E-state index contributed by atoms with van der Waals surface area (Å²) in [7, 11) is 0. The summed E-state index contributed by atoms with van der Waals surface area (Å²) in [6.45, 7) is 6.94. The van der Waals surface area contributed by atoms with Gasteiger partial charge in [0.2, 0.25) is 0 Å². The fourth-order valence-corrected chi connectivity index (χ4v) is 2.05. The molecule has 1 aromatic rings. The van der Waals surface area contributed by atoms with Crippen LogP contribution in [0.3, 0.4) is 0 Å². The first-order chi connectivity index (χ1) is 7.19. The number of hydrogen-bond acceptors (Lipinski definition) is 1. The zero-order valence-corrected chi connectivity index (χ0v) is 11.1. The molecule has 0 fully saturated rings. The van der Waals surface area contributed by atoms with E-state index in [1.54, 1.807) is 0 Å². The maximum absolute atomic E-state index is 5.97. The lowest BCUT2D eigenvalue weighted by Crippen LogP contribution is -2.20. The van der Waals surface area contributed by atoms with Gasteiger partial charge in [-0.3, -0.25) is 0 Å². The van der Waals surface area contributed by atoms with E-state index in [4.69, 9.17) is 11.6 Å². The van der Waals surface area contributed by atoms with E-state index < -0.39 is 0 Å². The zero-order chi connectivity index (χ0) is 11.3. The molecule has 0 spiro atoms. The third-order valence-electron chi connectivity index (χ3n) is 2.14. The molecule has 0 saturated heterocycles. The van der Waals surface area contributed by atoms with Gasteiger partial charge in [0.15, 0.2) is 0 Å². The van der Waals surface area contributed by atoms with Crippen LogP contribution in [-0.2, 0) is 0 Å². The molecule has 1 aromatic carbocycles. The minimum atomic E-state index is 0.151. The molecule has 82 valence electrons. The van der Waals surface area contributed by atoms with Gasteiger partial charge >= 0.3 is 0 Å². The third kappa shape index (κ3) is 3.63. The number of halogens is 2. The van der Waals surface area contributed by atoms with Gasteiger partial charge in [0.05, 0.1) is 6.04 Å². The summed E-state index contributed by atoms with van der Waals surface area (Å²) >= 11 is 9.49. The van der Waals surface area contributed by atoms with Crippen LogP contribution < -0.4 is 5.32 Å². The van der Waals surface area contributed by atoms with Gasteiger partial charge in [-0.05, 0) is 36.7 Å². The van der Waals surface area contributed by atoms with Crippen LogP contribution in [0.15, 0.2) is 35.3 Å². The Morgan fingerprint density at radius 2 is 2.33 bits per heavy atom. The summed E-state index contributed by atoms with van der Waals surface area (Å²) in [5.74, 6) is 0. The van der Waals surface area contributed by atoms with Gasteiger partial charge < -0.3 is 5.32 Å². The molecular weight excluding hydrogens is 273 g/mol. The van der Waals surface area contributed by atoms with E-state index >= 15 is 0 Å². The Labute approximate surface area is 105 Å². The van der Waals surface area contributed by atoms with E-state index in [1.807, 2.05) is 24.3 Å². The summed E-state index contributed by atoms with van der Waals surface area (Å²) in [5, 5.41) is 4.15. The van der Waals surface area contributed by atoms with Crippen LogP contribution in [-0.4, -0.2) is 6.54 Å². The van der Waals surface area contributed by atoms with Crippen molar-refractivity contribution >= 4 is 27.5 Å². The SMILES string of the molecule is C=CC(NCCC)c1cc(Cl)ccc1Br. The normalized spacial score (nSPS) is 12.5. The Bertz CT molecular complexity index is 338. The Hall–Kier alpha value is -0.310. The zero-order valence-electron chi connectivity index (χ0n) is 8.76. The van der Waals surface area contributed by atoms with E-state index in [-0.39, 0.29) is 6.04 Å². The molecule has 0 radical (unpaired) electrons. The van der Waals surface area contributed by atoms with Gasteiger partial charge in [0.1, 0.15) is 0 Å². The Morgan fingerprint density at radius 1 is 1.60 bits per heavy atom. The first-order valence-electron chi connectivity index (χ1n) is 5.00. The standard InChI is InChI=1S/C12H15BrClN/c1-3-7-15-12(4-2)10-8-9(14)5-6-11(10)13/h4-6,8,12,15H,2-3,7H2,1H3. The minimum Gasteiger partial charge on any atom is -0.307 e. The minimum absolute atomic E-state index is 0.151. The van der Waals surface area contributed by atoms with Gasteiger partial charge in [0, 0.05) is 9.50 Å². The lowest BCUT2D eigenvalue weighted by atomic mass is 10.1. The van der Waals surface area contributed by atoms with Crippen LogP contribution >= 0.6 is 27.5 Å². The van der Waals surface area contributed by atoms with Crippen LogP contribution in [0.5, 0.6) is 0 Å². The Kier molecular flexibility index (Phi) is 5.37. The predicted molar refractivity (Wildman–Crippen MR) is 70.4 cm³/mol. The van der Waals surface area contributed by atoms with Gasteiger partial charge in [-0.25, -0.2) is 0 Å². The summed E-state index contributed by atoms with van der Waals surface area (Å²) in [5.41, 5.74) is 1.13. The molecule has 1 rings (SSSR count). The van der Waals surface area contributed by atoms with E-state index in [0.717, 1.165) is 28.0 Å². The molecule has 1 unspecified atom stereocenters. The van der Waals surface area contributed by atoms with Crippen LogP contribution in [0.2, 0.25) is 5.02 Å². The molecule has 1 atom stereocenters. The second kappa shape index (κ2) is 6.31. The molecule has 1 nitrogen and oxygen atoms in total. The second-order valence-electron chi connectivity index (χ2n) is 3.33. The summed E-state index contributed by atoms with van der Waals surface area (Å²) in [6.07, 6.45) is 2.99. The van der Waals surface area contributed by atoms with E-state index in [2.05, 4.69) is 34.7 Å². The van der Waals surface area contributed by atoms with Crippen molar-refractivity contribution in [1.29, 1.82) is 0 Å². The van der Waals surface area contributed by atoms with Crippen molar-refractivity contribution in [3.63, 3.8) is 0 Å². The average Bonchev–Trinajstić information content (AvgIpc) is 2.24. The highest BCUT2D eigenvalue weighted by molar-refractivity contribution is 9.10. The first kappa shape index (κ1) is 12.8. The molecule has 15 heavy (non-hydrogen) atoms. The average molecular weight is 289 g/mol. The van der Waals surface area contributed by atoms with Crippen LogP contribution in [0.25, 0.3) is 0 Å². The highest BCUT2D eigenvalue weighted by Crippen LogP contribution is 2.27. The molecule has 0 heterocycles. The molecule has 0 aliphatic carbocycles. The number of hydrogen-bond donors (Lipinski definition) is 1. The number of benzene rings is 1. The largest absolute Gasteiger partial charge is 0.307 e. The first-order valence-corrected chi connectivity index (χ1v) is 6.17. The molecule has 0 amide bonds. The van der Waals surface area contributed by atoms with Gasteiger partial charge in [-0.15, -0.1) is 6.58 Å². The summed E-state index contributed by atoms with van der Waals surface area (Å²) < 4.78 is 1.06. The van der Waals surface area contributed by atoms with E-state index in [9.17, 15) is 0 Å². The lowest BCUT2D eigenvalue weighted by molar-refractivity contribution is 0.612. The Balaban J connectivity index is 2.90. The van der Waals surface area contributed by atoms with Gasteiger partial charge in [-0.1, -0.05) is 40.5 Å². The maximum Gasteiger partial charge on any atom is 0.0515 e. The van der Waals surface area contributed by atoms with E-state index in [0.29, 0.717) is 0 Å². The summed E-state index contributed by atoms with van der Waals surface area (Å²) in [6, 6.07) is 5.94. The highest BCUT2D eigenvalue weighted by atomic mass is 79.9. The number of rotatable bonds is 5. The van der Waals surface area contributed by atoms with Crippen LogP contribution in [0.4, 0.5) is 0 Å². The van der Waals surface area contributed by atoms with E-state index in [1.165, 1.54) is 0 Å². The van der Waals surface area contributed by atoms with Crippen molar-refractivity contribution in [3.8, 4) is 0 Å². The molecular formula is C12H15BrClN. The van der Waals surface area contributed by atoms with Crippen LogP contribution in [0, 0.1) is 0 Å². The lowest BCUT2D eigenvalue weighted by Gasteiger charge is -2.16. The quantitative estimate of drug-likeness (QED) is 0.795. The number of nitrogens with one attached hydrogen (secondary N) is 1. The van der Waals surface area contributed by atoms with Gasteiger partial charge in [-0.2, -0.15) is 0 Å². The topological polar surface area (TPSA) is 12.0 Å². The maximum atomic E-state index is 5.97. The van der Waals surface area contributed by atoms with Crippen molar-refractivity contribution in [1.82, 2.24) is 5.32 Å². The third-order valence-corrected chi connectivity index (χ3v) is 3.10. The molecule has 0 bridgehead atoms. The fourth-order valence-electron chi connectivity index (χ4n) is 1.37. The van der Waals surface area contributed by atoms with Crippen molar-refractivity contribution in [2.75, 3.05) is 6.54 Å². The Morgan fingerprint density at radius 3 is 2.93 bits per heavy atom. The molecule has 3 heteroatoms. The molecule has 0 aliphatic heterocycles.